The van der Waals surface area contributed by atoms with Gasteiger partial charge < -0.3 is 17.2 Å². The second-order valence-electron chi connectivity index (χ2n) is 2.27. The van der Waals surface area contributed by atoms with E-state index in [4.69, 9.17) is 10.5 Å². The number of hydrogen-bond acceptors (Lipinski definition) is 4. The van der Waals surface area contributed by atoms with Crippen molar-refractivity contribution in [3.05, 3.63) is 30.1 Å². The first-order chi connectivity index (χ1) is 6.57. The SMILES string of the molecule is NC(N)=O.NCC(=O)c1cccnc1. The second-order valence-corrected chi connectivity index (χ2v) is 2.27. The number of nitrogens with zero attached hydrogens (tertiary/aromatic N) is 1. The lowest BCUT2D eigenvalue weighted by atomic mass is 10.2. The molecule has 1 heterocycles. The zero-order valence-corrected chi connectivity index (χ0v) is 7.51. The van der Waals surface area contributed by atoms with E-state index in [1.165, 1.54) is 6.20 Å². The number of amides is 2. The van der Waals surface area contributed by atoms with E-state index in [0.717, 1.165) is 0 Å². The number of carbonyl (C=O) groups excluding carboxylic acids is 2. The molecule has 0 bridgehead atoms. The summed E-state index contributed by atoms with van der Waals surface area (Å²) in [5.41, 5.74) is 14.2. The third-order valence-corrected chi connectivity index (χ3v) is 1.17. The zero-order valence-electron chi connectivity index (χ0n) is 7.51. The van der Waals surface area contributed by atoms with Gasteiger partial charge in [-0.25, -0.2) is 4.79 Å². The van der Waals surface area contributed by atoms with Crippen molar-refractivity contribution in [2.75, 3.05) is 6.54 Å². The van der Waals surface area contributed by atoms with Crippen LogP contribution in [0.3, 0.4) is 0 Å². The quantitative estimate of drug-likeness (QED) is 0.538. The summed E-state index contributed by atoms with van der Waals surface area (Å²) in [4.78, 5) is 23.6. The maximum Gasteiger partial charge on any atom is 0.309 e. The average molecular weight is 196 g/mol. The largest absolute Gasteiger partial charge is 0.352 e. The molecule has 6 nitrogen and oxygen atoms in total. The molecular weight excluding hydrogens is 184 g/mol. The predicted molar refractivity (Wildman–Crippen MR) is 51.4 cm³/mol. The summed E-state index contributed by atoms with van der Waals surface area (Å²) in [6.07, 6.45) is 3.13. The van der Waals surface area contributed by atoms with Gasteiger partial charge >= 0.3 is 6.03 Å². The minimum Gasteiger partial charge on any atom is -0.352 e. The van der Waals surface area contributed by atoms with Gasteiger partial charge in [-0.15, -0.1) is 0 Å². The second kappa shape index (κ2) is 6.55. The van der Waals surface area contributed by atoms with Crippen LogP contribution in [0.15, 0.2) is 24.5 Å². The first-order valence-corrected chi connectivity index (χ1v) is 3.76. The number of nitrogens with two attached hydrogens (primary N) is 3. The van der Waals surface area contributed by atoms with Crippen molar-refractivity contribution in [2.45, 2.75) is 0 Å². The number of urea groups is 1. The third-order valence-electron chi connectivity index (χ3n) is 1.17. The summed E-state index contributed by atoms with van der Waals surface area (Å²) in [6.45, 7) is 0.0473. The lowest BCUT2D eigenvalue weighted by Gasteiger charge is -1.92. The molecule has 2 amide bonds. The van der Waals surface area contributed by atoms with Crippen molar-refractivity contribution < 1.29 is 9.59 Å². The summed E-state index contributed by atoms with van der Waals surface area (Å²) in [5.74, 6) is -0.0758. The molecule has 0 saturated carbocycles. The van der Waals surface area contributed by atoms with Gasteiger partial charge in [-0.1, -0.05) is 0 Å². The van der Waals surface area contributed by atoms with Crippen molar-refractivity contribution >= 4 is 11.8 Å². The molecule has 0 aromatic carbocycles. The number of Topliss-reactive ketones (excluding diaryl/α,β-unsaturated/α-hetero) is 1. The molecule has 0 aliphatic rings. The maximum absolute atomic E-state index is 10.8. The number of ketones is 1. The molecule has 76 valence electrons. The van der Waals surface area contributed by atoms with Gasteiger partial charge in [0.25, 0.3) is 0 Å². The minimum absolute atomic E-state index is 0.0473. The van der Waals surface area contributed by atoms with Crippen molar-refractivity contribution in [1.29, 1.82) is 0 Å². The van der Waals surface area contributed by atoms with E-state index < -0.39 is 6.03 Å². The van der Waals surface area contributed by atoms with Crippen LogP contribution < -0.4 is 17.2 Å². The highest BCUT2D eigenvalue weighted by Gasteiger charge is 1.99. The van der Waals surface area contributed by atoms with Crippen molar-refractivity contribution in [3.8, 4) is 0 Å². The fraction of sp³-hybridized carbons (Fsp3) is 0.125. The van der Waals surface area contributed by atoms with Gasteiger partial charge in [0.15, 0.2) is 5.78 Å². The number of hydrogen-bond donors (Lipinski definition) is 3. The molecule has 6 N–H and O–H groups in total. The zero-order chi connectivity index (χ0) is 11.0. The third kappa shape index (κ3) is 5.67. The van der Waals surface area contributed by atoms with Gasteiger partial charge in [0, 0.05) is 18.0 Å². The Morgan fingerprint density at radius 1 is 1.36 bits per heavy atom. The van der Waals surface area contributed by atoms with Crippen LogP contribution in [0.25, 0.3) is 0 Å². The maximum atomic E-state index is 10.8. The standard InChI is InChI=1S/C7H8N2O.CH4N2O/c8-4-7(10)6-2-1-3-9-5-6;2-1(3)4/h1-3,5H,4,8H2;(H4,2,3,4). The van der Waals surface area contributed by atoms with Crippen LogP contribution in [0.4, 0.5) is 4.79 Å². The Bertz CT molecular complexity index is 295. The number of primary amides is 2. The van der Waals surface area contributed by atoms with Crippen molar-refractivity contribution in [2.24, 2.45) is 17.2 Å². The Labute approximate surface area is 81.1 Å². The number of pyridine rings is 1. The summed E-state index contributed by atoms with van der Waals surface area (Å²) in [6, 6.07) is 2.57. The molecular formula is C8H12N4O2. The average Bonchev–Trinajstić information content (AvgIpc) is 2.17. The van der Waals surface area contributed by atoms with E-state index in [1.54, 1.807) is 18.3 Å². The van der Waals surface area contributed by atoms with E-state index in [2.05, 4.69) is 16.5 Å². The Morgan fingerprint density at radius 3 is 2.29 bits per heavy atom. The minimum atomic E-state index is -0.833. The highest BCUT2D eigenvalue weighted by atomic mass is 16.2. The van der Waals surface area contributed by atoms with Crippen molar-refractivity contribution in [1.82, 2.24) is 4.98 Å². The van der Waals surface area contributed by atoms with Gasteiger partial charge in [-0.3, -0.25) is 9.78 Å². The van der Waals surface area contributed by atoms with Crippen LogP contribution in [0.2, 0.25) is 0 Å². The van der Waals surface area contributed by atoms with Gasteiger partial charge in [0.1, 0.15) is 0 Å². The topological polar surface area (TPSA) is 125 Å². The van der Waals surface area contributed by atoms with Crippen LogP contribution in [-0.4, -0.2) is 23.3 Å². The first-order valence-electron chi connectivity index (χ1n) is 3.76. The number of aromatic nitrogens is 1. The van der Waals surface area contributed by atoms with E-state index in [-0.39, 0.29) is 12.3 Å². The Kier molecular flexibility index (Phi) is 5.64. The smallest absolute Gasteiger partial charge is 0.309 e. The van der Waals surface area contributed by atoms with E-state index in [0.29, 0.717) is 5.56 Å². The van der Waals surface area contributed by atoms with Crippen LogP contribution in [0, 0.1) is 0 Å². The van der Waals surface area contributed by atoms with Crippen LogP contribution >= 0.6 is 0 Å². The molecule has 0 spiro atoms. The monoisotopic (exact) mass is 196 g/mol. The number of rotatable bonds is 2. The van der Waals surface area contributed by atoms with Crippen molar-refractivity contribution in [3.63, 3.8) is 0 Å². The van der Waals surface area contributed by atoms with Crippen LogP contribution in [-0.2, 0) is 0 Å². The van der Waals surface area contributed by atoms with Gasteiger partial charge in [-0.2, -0.15) is 0 Å². The summed E-state index contributed by atoms with van der Waals surface area (Å²) >= 11 is 0. The highest BCUT2D eigenvalue weighted by molar-refractivity contribution is 5.97. The summed E-state index contributed by atoms with van der Waals surface area (Å²) in [5, 5.41) is 0. The molecule has 0 radical (unpaired) electrons. The van der Waals surface area contributed by atoms with Gasteiger partial charge in [-0.05, 0) is 12.1 Å². The molecule has 14 heavy (non-hydrogen) atoms. The van der Waals surface area contributed by atoms with Crippen LogP contribution in [0.1, 0.15) is 10.4 Å². The van der Waals surface area contributed by atoms with Crippen LogP contribution in [0.5, 0.6) is 0 Å². The molecule has 1 rings (SSSR count). The normalized spacial score (nSPS) is 8.36. The Hall–Kier alpha value is -1.95. The van der Waals surface area contributed by atoms with Gasteiger partial charge in [0.2, 0.25) is 0 Å². The predicted octanol–water partition coefficient (Wildman–Crippen LogP) is -0.753. The molecule has 1 aromatic heterocycles. The molecule has 0 aliphatic carbocycles. The number of carbonyl (C=O) groups is 2. The molecule has 0 unspecified atom stereocenters. The highest BCUT2D eigenvalue weighted by Crippen LogP contribution is 1.94. The van der Waals surface area contributed by atoms with E-state index in [1.807, 2.05) is 0 Å². The molecule has 0 fully saturated rings. The first kappa shape index (κ1) is 12.0. The molecule has 6 heteroatoms. The fourth-order valence-corrected chi connectivity index (χ4v) is 0.646. The van der Waals surface area contributed by atoms with E-state index >= 15 is 0 Å². The Morgan fingerprint density at radius 2 is 1.93 bits per heavy atom. The van der Waals surface area contributed by atoms with Gasteiger partial charge in [0.05, 0.1) is 6.54 Å². The molecule has 0 saturated heterocycles. The molecule has 0 atom stereocenters. The lowest BCUT2D eigenvalue weighted by molar-refractivity contribution is 0.100. The molecule has 0 aliphatic heterocycles. The fourth-order valence-electron chi connectivity index (χ4n) is 0.646. The molecule has 1 aromatic rings. The summed E-state index contributed by atoms with van der Waals surface area (Å²) < 4.78 is 0. The van der Waals surface area contributed by atoms with E-state index in [9.17, 15) is 4.79 Å². The summed E-state index contributed by atoms with van der Waals surface area (Å²) in [7, 11) is 0. The Balaban J connectivity index is 0.000000364. The lowest BCUT2D eigenvalue weighted by Crippen LogP contribution is -2.18.